The number of carbonyl (C=O) groups is 2. The fraction of sp³-hybridized carbons (Fsp3) is 0.200. The number of ether oxygens (including phenoxy) is 2. The SMILES string of the molecule is [C-]#[N+]c1cc2c(Oc3ccc(NC(=O)Nc4ccc(F)cc4)c(F)c3)ccnc2cc1OCCCC(=O)NC1CC1. The molecule has 0 unspecified atom stereocenters. The largest absolute Gasteiger partial charge is 0.505 e. The molecule has 3 N–H and O–H groups in total. The van der Waals surface area contributed by atoms with Crippen LogP contribution in [0, 0.1) is 18.2 Å². The van der Waals surface area contributed by atoms with Crippen LogP contribution in [0.1, 0.15) is 25.7 Å². The van der Waals surface area contributed by atoms with Gasteiger partial charge in [0.25, 0.3) is 0 Å². The van der Waals surface area contributed by atoms with Crippen molar-refractivity contribution in [1.82, 2.24) is 10.3 Å². The van der Waals surface area contributed by atoms with E-state index in [9.17, 15) is 18.4 Å². The van der Waals surface area contributed by atoms with Crippen LogP contribution in [-0.4, -0.2) is 29.6 Å². The number of nitrogens with one attached hydrogen (secondary N) is 3. The van der Waals surface area contributed by atoms with Crippen LogP contribution in [0.15, 0.2) is 66.9 Å². The summed E-state index contributed by atoms with van der Waals surface area (Å²) >= 11 is 0. The van der Waals surface area contributed by atoms with Gasteiger partial charge in [0.2, 0.25) is 11.6 Å². The van der Waals surface area contributed by atoms with Gasteiger partial charge in [-0.25, -0.2) is 18.4 Å². The second-order valence-electron chi connectivity index (χ2n) is 9.38. The Balaban J connectivity index is 1.24. The Morgan fingerprint density at radius 2 is 1.80 bits per heavy atom. The van der Waals surface area contributed by atoms with Gasteiger partial charge in [0, 0.05) is 35.8 Å². The van der Waals surface area contributed by atoms with Crippen LogP contribution in [0.2, 0.25) is 0 Å². The van der Waals surface area contributed by atoms with E-state index in [1.807, 2.05) is 0 Å². The lowest BCUT2D eigenvalue weighted by Crippen LogP contribution is -2.25. The van der Waals surface area contributed by atoms with E-state index in [2.05, 4.69) is 25.8 Å². The lowest BCUT2D eigenvalue weighted by Gasteiger charge is -2.13. The van der Waals surface area contributed by atoms with E-state index in [-0.39, 0.29) is 29.6 Å². The Bertz CT molecular complexity index is 1640. The number of fused-ring (bicyclic) bond motifs is 1. The predicted molar refractivity (Wildman–Crippen MR) is 149 cm³/mol. The first-order valence-electron chi connectivity index (χ1n) is 12.9. The first kappa shape index (κ1) is 27.3. The normalized spacial score (nSPS) is 12.3. The van der Waals surface area contributed by atoms with Gasteiger partial charge in [-0.3, -0.25) is 9.78 Å². The van der Waals surface area contributed by atoms with Gasteiger partial charge >= 0.3 is 6.03 Å². The molecule has 1 fully saturated rings. The number of halogens is 2. The second kappa shape index (κ2) is 12.3. The molecule has 208 valence electrons. The first-order valence-corrected chi connectivity index (χ1v) is 12.9. The zero-order valence-electron chi connectivity index (χ0n) is 21.7. The molecule has 0 atom stereocenters. The summed E-state index contributed by atoms with van der Waals surface area (Å²) in [5.74, 6) is -0.332. The topological polar surface area (TPSA) is 106 Å². The van der Waals surface area contributed by atoms with Crippen LogP contribution in [0.25, 0.3) is 15.7 Å². The lowest BCUT2D eigenvalue weighted by atomic mass is 10.1. The quantitative estimate of drug-likeness (QED) is 0.145. The number of hydrogen-bond acceptors (Lipinski definition) is 5. The Labute approximate surface area is 234 Å². The summed E-state index contributed by atoms with van der Waals surface area (Å²) in [7, 11) is 0. The van der Waals surface area contributed by atoms with Crippen molar-refractivity contribution in [2.24, 2.45) is 0 Å². The van der Waals surface area contributed by atoms with E-state index in [1.165, 1.54) is 42.6 Å². The van der Waals surface area contributed by atoms with Crippen molar-refractivity contribution in [3.63, 3.8) is 0 Å². The average molecular weight is 558 g/mol. The summed E-state index contributed by atoms with van der Waals surface area (Å²) in [5.41, 5.74) is 1.01. The summed E-state index contributed by atoms with van der Waals surface area (Å²) in [6, 6.07) is 13.5. The maximum atomic E-state index is 14.8. The highest BCUT2D eigenvalue weighted by Crippen LogP contribution is 2.38. The van der Waals surface area contributed by atoms with E-state index in [0.29, 0.717) is 47.0 Å². The number of anilines is 2. The van der Waals surface area contributed by atoms with Crippen molar-refractivity contribution in [3.05, 3.63) is 89.9 Å². The molecule has 0 radical (unpaired) electrons. The van der Waals surface area contributed by atoms with Crippen LogP contribution < -0.4 is 25.4 Å². The third-order valence-electron chi connectivity index (χ3n) is 6.17. The minimum Gasteiger partial charge on any atom is -0.505 e. The molecule has 0 bridgehead atoms. The van der Waals surface area contributed by atoms with Crippen molar-refractivity contribution in [3.8, 4) is 17.2 Å². The van der Waals surface area contributed by atoms with Crippen LogP contribution in [0.4, 0.5) is 30.6 Å². The van der Waals surface area contributed by atoms with Gasteiger partial charge in [-0.2, -0.15) is 0 Å². The van der Waals surface area contributed by atoms with E-state index < -0.39 is 17.7 Å². The molecule has 0 saturated heterocycles. The zero-order valence-corrected chi connectivity index (χ0v) is 21.7. The molecular weight excluding hydrogens is 532 g/mol. The fourth-order valence-corrected chi connectivity index (χ4v) is 3.98. The molecule has 41 heavy (non-hydrogen) atoms. The maximum absolute atomic E-state index is 14.8. The smallest absolute Gasteiger partial charge is 0.323 e. The number of urea groups is 1. The van der Waals surface area contributed by atoms with Crippen LogP contribution in [-0.2, 0) is 4.79 Å². The Morgan fingerprint density at radius 1 is 1.00 bits per heavy atom. The molecule has 9 nitrogen and oxygen atoms in total. The highest BCUT2D eigenvalue weighted by molar-refractivity contribution is 5.99. The van der Waals surface area contributed by atoms with Crippen LogP contribution in [0.3, 0.4) is 0 Å². The van der Waals surface area contributed by atoms with Gasteiger partial charge in [-0.1, -0.05) is 0 Å². The Hall–Kier alpha value is -5.24. The van der Waals surface area contributed by atoms with Crippen LogP contribution in [0.5, 0.6) is 17.2 Å². The van der Waals surface area contributed by atoms with Crippen molar-refractivity contribution >= 4 is 39.9 Å². The Morgan fingerprint density at radius 3 is 2.54 bits per heavy atom. The molecule has 5 rings (SSSR count). The second-order valence-corrected chi connectivity index (χ2v) is 9.38. The number of benzene rings is 3. The van der Waals surface area contributed by atoms with Gasteiger partial charge in [-0.05, 0) is 73.9 Å². The molecular formula is C30H25F2N5O4. The number of rotatable bonds is 10. The number of pyridine rings is 1. The molecule has 3 amide bonds. The first-order chi connectivity index (χ1) is 19.9. The predicted octanol–water partition coefficient (Wildman–Crippen LogP) is 6.94. The van der Waals surface area contributed by atoms with E-state index >= 15 is 0 Å². The molecule has 4 aromatic rings. The standard InChI is InChI=1S/C30H25F2N5O4/c1-33-26-16-22-25(17-28(26)40-14-2-3-29(38)35-19-8-9-19)34-13-12-27(22)41-21-10-11-24(23(32)15-21)37-30(39)36-20-6-4-18(31)5-7-20/h4-7,10-13,15-17,19H,2-3,8-9,14H2,(H,35,38)(H2,36,37,39). The lowest BCUT2D eigenvalue weighted by molar-refractivity contribution is -0.121. The zero-order chi connectivity index (χ0) is 28.8. The molecule has 1 aliphatic carbocycles. The van der Waals surface area contributed by atoms with Crippen LogP contribution >= 0.6 is 0 Å². The molecule has 1 aromatic heterocycles. The average Bonchev–Trinajstić information content (AvgIpc) is 3.77. The summed E-state index contributed by atoms with van der Waals surface area (Å²) in [6.07, 6.45) is 4.44. The number of carbonyl (C=O) groups excluding carboxylic acids is 2. The summed E-state index contributed by atoms with van der Waals surface area (Å²) in [6.45, 7) is 7.85. The summed E-state index contributed by atoms with van der Waals surface area (Å²) < 4.78 is 39.5. The van der Waals surface area contributed by atoms with Crippen molar-refractivity contribution < 1.29 is 27.8 Å². The third-order valence-corrected chi connectivity index (χ3v) is 6.17. The highest BCUT2D eigenvalue weighted by atomic mass is 19.1. The summed E-state index contributed by atoms with van der Waals surface area (Å²) in [5, 5.41) is 8.34. The van der Waals surface area contributed by atoms with Gasteiger partial charge < -0.3 is 25.4 Å². The minimum atomic E-state index is -0.738. The fourth-order valence-electron chi connectivity index (χ4n) is 3.98. The Kier molecular flexibility index (Phi) is 8.20. The van der Waals surface area contributed by atoms with Gasteiger partial charge in [0.15, 0.2) is 0 Å². The monoisotopic (exact) mass is 557 g/mol. The minimum absolute atomic E-state index is 0.00279. The number of aromatic nitrogens is 1. The summed E-state index contributed by atoms with van der Waals surface area (Å²) in [4.78, 5) is 32.0. The van der Waals surface area contributed by atoms with Crippen molar-refractivity contribution in [1.29, 1.82) is 0 Å². The molecule has 3 aromatic carbocycles. The van der Waals surface area contributed by atoms with E-state index in [4.69, 9.17) is 16.0 Å². The van der Waals surface area contributed by atoms with Gasteiger partial charge in [0.1, 0.15) is 28.9 Å². The van der Waals surface area contributed by atoms with Crippen molar-refractivity contribution in [2.45, 2.75) is 31.7 Å². The third kappa shape index (κ3) is 7.24. The molecule has 1 heterocycles. The number of hydrogen-bond donors (Lipinski definition) is 3. The number of amides is 3. The van der Waals surface area contributed by atoms with Gasteiger partial charge in [0.05, 0.1) is 24.4 Å². The molecule has 0 aliphatic heterocycles. The molecule has 1 aliphatic rings. The molecule has 1 saturated carbocycles. The number of nitrogens with zero attached hydrogens (tertiary/aromatic N) is 2. The van der Waals surface area contributed by atoms with Gasteiger partial charge in [-0.15, -0.1) is 0 Å². The van der Waals surface area contributed by atoms with E-state index in [0.717, 1.165) is 18.9 Å². The van der Waals surface area contributed by atoms with E-state index in [1.54, 1.807) is 18.2 Å². The highest BCUT2D eigenvalue weighted by Gasteiger charge is 2.22. The molecule has 0 spiro atoms. The molecule has 11 heteroatoms. The van der Waals surface area contributed by atoms with Crippen molar-refractivity contribution in [2.75, 3.05) is 17.2 Å². The maximum Gasteiger partial charge on any atom is 0.323 e.